The lowest BCUT2D eigenvalue weighted by Crippen LogP contribution is -2.58. The van der Waals surface area contributed by atoms with Gasteiger partial charge >= 0.3 is 18.0 Å². The fourth-order valence-corrected chi connectivity index (χ4v) is 6.40. The average molecular weight is 681 g/mol. The van der Waals surface area contributed by atoms with Crippen LogP contribution in [0.3, 0.4) is 0 Å². The third-order valence-electron chi connectivity index (χ3n) is 8.98. The molecule has 0 radical (unpaired) electrons. The van der Waals surface area contributed by atoms with E-state index in [-0.39, 0.29) is 30.5 Å². The van der Waals surface area contributed by atoms with E-state index in [2.05, 4.69) is 42.4 Å². The van der Waals surface area contributed by atoms with Crippen molar-refractivity contribution in [3.63, 3.8) is 0 Å². The van der Waals surface area contributed by atoms with Crippen LogP contribution in [0.25, 0.3) is 0 Å². The number of carboxylic acids is 1. The van der Waals surface area contributed by atoms with Gasteiger partial charge in [0.15, 0.2) is 0 Å². The van der Waals surface area contributed by atoms with Crippen molar-refractivity contribution in [2.24, 2.45) is 0 Å². The number of anilines is 2. The minimum absolute atomic E-state index is 0.0409. The molecule has 3 rings (SSSR count). The summed E-state index contributed by atoms with van der Waals surface area (Å²) in [5, 5.41) is 21.9. The van der Waals surface area contributed by atoms with Gasteiger partial charge in [0.2, 0.25) is 0 Å². The molecule has 2 unspecified atom stereocenters. The summed E-state index contributed by atoms with van der Waals surface area (Å²) in [4.78, 5) is 29.6. The van der Waals surface area contributed by atoms with Gasteiger partial charge in [-0.1, -0.05) is 96.8 Å². The molecule has 270 valence electrons. The highest BCUT2D eigenvalue weighted by molar-refractivity contribution is 5.94. The van der Waals surface area contributed by atoms with E-state index in [4.69, 9.17) is 0 Å². The highest BCUT2D eigenvalue weighted by Gasteiger charge is 2.38. The smallest absolute Gasteiger partial charge is 0.471 e. The molecule has 1 aliphatic heterocycles. The number of carbonyl (C=O) groups is 2. The Balaban J connectivity index is 1.33. The first-order valence-electron chi connectivity index (χ1n) is 17.9. The number of aliphatic carboxylic acids is 1. The van der Waals surface area contributed by atoms with Crippen LogP contribution in [0.1, 0.15) is 132 Å². The number of rotatable bonds is 24. The molecule has 0 bridgehead atoms. The van der Waals surface area contributed by atoms with Gasteiger partial charge in [-0.3, -0.25) is 14.5 Å². The summed E-state index contributed by atoms with van der Waals surface area (Å²) in [6, 6.07) is 6.51. The standard InChI is InChI=1S/C35H55F3N6O4/c1-2-3-4-5-6-7-8-9-10-11-12-13-14-15-18-30-29(39-24-25-44(30)26-31(45)46)17-16-23-40-32(47)27-19-21-28(22-20-27)41-34-42-33(48-43-34)35(36,37)38/h19-22,29-30,39H,2-18,23-26H2,1H3,(H,40,47)(H,41,43)(H,45,46). The van der Waals surface area contributed by atoms with Gasteiger partial charge in [-0.25, -0.2) is 0 Å². The second-order valence-corrected chi connectivity index (χ2v) is 12.9. The summed E-state index contributed by atoms with van der Waals surface area (Å²) in [6.07, 6.45) is 16.0. The number of benzene rings is 1. The maximum absolute atomic E-state index is 12.7. The summed E-state index contributed by atoms with van der Waals surface area (Å²) < 4.78 is 42.2. The molecule has 0 spiro atoms. The molecule has 1 saturated heterocycles. The number of carbonyl (C=O) groups excluding carboxylic acids is 1. The first kappa shape index (κ1) is 39.3. The minimum Gasteiger partial charge on any atom is -0.480 e. The number of halogens is 3. The van der Waals surface area contributed by atoms with E-state index >= 15 is 0 Å². The fourth-order valence-electron chi connectivity index (χ4n) is 6.40. The van der Waals surface area contributed by atoms with E-state index in [9.17, 15) is 27.9 Å². The van der Waals surface area contributed by atoms with Crippen LogP contribution in [0.5, 0.6) is 0 Å². The van der Waals surface area contributed by atoms with Crippen molar-refractivity contribution in [2.75, 3.05) is 31.5 Å². The van der Waals surface area contributed by atoms with Crippen LogP contribution >= 0.6 is 0 Å². The molecule has 1 fully saturated rings. The third kappa shape index (κ3) is 14.9. The third-order valence-corrected chi connectivity index (χ3v) is 8.98. The summed E-state index contributed by atoms with van der Waals surface area (Å²) in [6.45, 7) is 4.21. The molecule has 1 aromatic carbocycles. The van der Waals surface area contributed by atoms with Gasteiger partial charge in [0.1, 0.15) is 0 Å². The van der Waals surface area contributed by atoms with Gasteiger partial charge in [-0.05, 0) is 48.7 Å². The van der Waals surface area contributed by atoms with E-state index < -0.39 is 18.0 Å². The first-order valence-corrected chi connectivity index (χ1v) is 17.9. The van der Waals surface area contributed by atoms with Gasteiger partial charge in [-0.15, -0.1) is 0 Å². The molecule has 1 aromatic heterocycles. The molecule has 10 nitrogen and oxygen atoms in total. The summed E-state index contributed by atoms with van der Waals surface area (Å²) in [5.41, 5.74) is 0.809. The van der Waals surface area contributed by atoms with Crippen molar-refractivity contribution in [1.29, 1.82) is 0 Å². The normalized spacial score (nSPS) is 17.0. The number of alkyl halides is 3. The van der Waals surface area contributed by atoms with E-state index in [0.717, 1.165) is 38.6 Å². The SMILES string of the molecule is CCCCCCCCCCCCCCCCC1C(CCCNC(=O)c2ccc(Nc3noc(C(F)(F)F)n3)cc2)NCCN1CC(=O)O. The van der Waals surface area contributed by atoms with E-state index in [1.165, 1.54) is 77.0 Å². The first-order chi connectivity index (χ1) is 23.2. The number of nitrogens with one attached hydrogen (secondary N) is 3. The number of hydrogen-bond donors (Lipinski definition) is 4. The fraction of sp³-hybridized carbons (Fsp3) is 0.714. The highest BCUT2D eigenvalue weighted by Crippen LogP contribution is 2.29. The summed E-state index contributed by atoms with van der Waals surface area (Å²) >= 11 is 0. The molecule has 2 aromatic rings. The molecule has 1 aliphatic rings. The Morgan fingerprint density at radius 2 is 1.52 bits per heavy atom. The molecule has 48 heavy (non-hydrogen) atoms. The molecule has 1 amide bonds. The van der Waals surface area contributed by atoms with Crippen molar-refractivity contribution in [3.8, 4) is 0 Å². The van der Waals surface area contributed by atoms with Crippen LogP contribution in [0.4, 0.5) is 24.8 Å². The zero-order valence-corrected chi connectivity index (χ0v) is 28.5. The Bertz CT molecular complexity index is 1190. The van der Waals surface area contributed by atoms with Crippen molar-refractivity contribution < 1.29 is 32.4 Å². The summed E-state index contributed by atoms with van der Waals surface area (Å²) in [5.74, 6) is -2.84. The maximum atomic E-state index is 12.7. The van der Waals surface area contributed by atoms with Crippen LogP contribution in [0.2, 0.25) is 0 Å². The van der Waals surface area contributed by atoms with Crippen LogP contribution in [-0.2, 0) is 11.0 Å². The lowest BCUT2D eigenvalue weighted by Gasteiger charge is -2.41. The molecule has 0 saturated carbocycles. The predicted molar refractivity (Wildman–Crippen MR) is 180 cm³/mol. The van der Waals surface area contributed by atoms with Crippen molar-refractivity contribution >= 4 is 23.5 Å². The molecule has 2 atom stereocenters. The van der Waals surface area contributed by atoms with E-state index in [1.54, 1.807) is 24.3 Å². The Morgan fingerprint density at radius 3 is 2.08 bits per heavy atom. The molecule has 2 heterocycles. The Kier molecular flexibility index (Phi) is 17.8. The lowest BCUT2D eigenvalue weighted by molar-refractivity contribution is -0.159. The van der Waals surface area contributed by atoms with Crippen molar-refractivity contribution in [3.05, 3.63) is 35.7 Å². The lowest BCUT2D eigenvalue weighted by atomic mass is 9.93. The van der Waals surface area contributed by atoms with Gasteiger partial charge in [0, 0.05) is 43.0 Å². The quantitative estimate of drug-likeness (QED) is 0.0816. The van der Waals surface area contributed by atoms with Gasteiger partial charge in [0.05, 0.1) is 6.54 Å². The van der Waals surface area contributed by atoms with Gasteiger partial charge < -0.3 is 25.6 Å². The van der Waals surface area contributed by atoms with Crippen molar-refractivity contribution in [2.45, 2.75) is 134 Å². The number of amides is 1. The van der Waals surface area contributed by atoms with Gasteiger partial charge in [-0.2, -0.15) is 18.2 Å². The number of nitrogens with zero attached hydrogens (tertiary/aromatic N) is 3. The van der Waals surface area contributed by atoms with Gasteiger partial charge in [0.25, 0.3) is 11.9 Å². The molecular weight excluding hydrogens is 625 g/mol. The minimum atomic E-state index is -4.73. The molecule has 0 aliphatic carbocycles. The number of hydrogen-bond acceptors (Lipinski definition) is 8. The Labute approximate surface area is 283 Å². The largest absolute Gasteiger partial charge is 0.480 e. The van der Waals surface area contributed by atoms with Crippen LogP contribution < -0.4 is 16.0 Å². The van der Waals surface area contributed by atoms with Crippen LogP contribution in [0, 0.1) is 0 Å². The second-order valence-electron chi connectivity index (χ2n) is 12.9. The topological polar surface area (TPSA) is 133 Å². The predicted octanol–water partition coefficient (Wildman–Crippen LogP) is 7.94. The monoisotopic (exact) mass is 680 g/mol. The number of unbranched alkanes of at least 4 members (excludes halogenated alkanes) is 13. The highest BCUT2D eigenvalue weighted by atomic mass is 19.4. The molecular formula is C35H55F3N6O4. The Morgan fingerprint density at radius 1 is 0.917 bits per heavy atom. The number of carboxylic acid groups (broad SMARTS) is 1. The van der Waals surface area contributed by atoms with Crippen molar-refractivity contribution in [1.82, 2.24) is 25.7 Å². The summed E-state index contributed by atoms with van der Waals surface area (Å²) in [7, 11) is 0. The number of aromatic nitrogens is 2. The van der Waals surface area contributed by atoms with E-state index in [1.807, 2.05) is 0 Å². The molecule has 13 heteroatoms. The van der Waals surface area contributed by atoms with E-state index in [0.29, 0.717) is 24.3 Å². The zero-order valence-electron chi connectivity index (χ0n) is 28.5. The zero-order chi connectivity index (χ0) is 34.6. The maximum Gasteiger partial charge on any atom is 0.471 e. The second kappa shape index (κ2) is 21.7. The van der Waals surface area contributed by atoms with Crippen LogP contribution in [-0.4, -0.2) is 70.3 Å². The molecule has 4 N–H and O–H groups in total. The number of piperazine rings is 1. The Hall–Kier alpha value is -3.19. The van der Waals surface area contributed by atoms with Crippen LogP contribution in [0.15, 0.2) is 28.8 Å². The average Bonchev–Trinajstić information content (AvgIpc) is 3.53.